The summed E-state index contributed by atoms with van der Waals surface area (Å²) in [4.78, 5) is 0. The Hall–Kier alpha value is -3.24. The molecular weight excluding hydrogens is 408 g/mol. The number of nitrogens with one attached hydrogen (secondary N) is 1. The average molecular weight is 423 g/mol. The lowest BCUT2D eigenvalue weighted by atomic mass is 9.82. The smallest absolute Gasteiger partial charge is 0.244 e. The van der Waals surface area contributed by atoms with Gasteiger partial charge in [-0.15, -0.1) is 5.10 Å². The molecule has 1 aromatic heterocycles. The first-order valence-electron chi connectivity index (χ1n) is 8.18. The summed E-state index contributed by atoms with van der Waals surface area (Å²) in [5.41, 5.74) is 9.62. The molecule has 0 saturated carbocycles. The molecule has 7 heteroatoms. The maximum atomic E-state index is 9.80. The predicted octanol–water partition coefficient (Wildman–Crippen LogP) is 4.07. The molecule has 0 unspecified atom stereocenters. The van der Waals surface area contributed by atoms with E-state index in [-0.39, 0.29) is 5.88 Å². The van der Waals surface area contributed by atoms with Gasteiger partial charge in [-0.05, 0) is 23.8 Å². The molecule has 1 aliphatic heterocycles. The van der Waals surface area contributed by atoms with Crippen LogP contribution in [0.1, 0.15) is 17.0 Å². The number of aromatic amines is 1. The Kier molecular flexibility index (Phi) is 4.34. The number of nitrogens with zero attached hydrogens (tertiary/aromatic N) is 2. The van der Waals surface area contributed by atoms with E-state index >= 15 is 0 Å². The second-order valence-electron chi connectivity index (χ2n) is 5.99. The lowest BCUT2D eigenvalue weighted by molar-refractivity contribution is 0.375. The third-order valence-corrected chi connectivity index (χ3v) is 5.00. The highest BCUT2D eigenvalue weighted by Crippen LogP contribution is 2.48. The molecule has 0 bridgehead atoms. The van der Waals surface area contributed by atoms with E-state index < -0.39 is 5.92 Å². The number of fused-ring (bicyclic) bond motifs is 1. The zero-order valence-corrected chi connectivity index (χ0v) is 15.9. The fourth-order valence-corrected chi connectivity index (χ4v) is 3.69. The molecule has 1 atom stereocenters. The van der Waals surface area contributed by atoms with Gasteiger partial charge in [0.25, 0.3) is 0 Å². The fraction of sp³-hybridized carbons (Fsp3) is 0.100. The Morgan fingerprint density at radius 3 is 2.74 bits per heavy atom. The summed E-state index contributed by atoms with van der Waals surface area (Å²) < 4.78 is 12.1. The van der Waals surface area contributed by atoms with E-state index in [2.05, 4.69) is 32.2 Å². The van der Waals surface area contributed by atoms with Gasteiger partial charge in [0.15, 0.2) is 0 Å². The number of ether oxygens (including phenoxy) is 2. The molecule has 0 fully saturated rings. The van der Waals surface area contributed by atoms with Crippen molar-refractivity contribution in [3.63, 3.8) is 0 Å². The first-order valence-corrected chi connectivity index (χ1v) is 8.98. The Morgan fingerprint density at radius 2 is 2.04 bits per heavy atom. The monoisotopic (exact) mass is 422 g/mol. The van der Waals surface area contributed by atoms with Crippen LogP contribution < -0.4 is 15.2 Å². The van der Waals surface area contributed by atoms with Crippen LogP contribution in [-0.2, 0) is 0 Å². The molecule has 134 valence electrons. The number of aromatic nitrogens is 2. The van der Waals surface area contributed by atoms with Gasteiger partial charge in [0, 0.05) is 10.0 Å². The van der Waals surface area contributed by atoms with E-state index in [9.17, 15) is 5.26 Å². The Balaban J connectivity index is 2.01. The molecule has 3 aromatic rings. The topological polar surface area (TPSA) is 96.9 Å². The van der Waals surface area contributed by atoms with E-state index in [0.717, 1.165) is 26.9 Å². The van der Waals surface area contributed by atoms with Crippen molar-refractivity contribution in [2.24, 2.45) is 5.73 Å². The maximum Gasteiger partial charge on any atom is 0.244 e. The van der Waals surface area contributed by atoms with Crippen molar-refractivity contribution >= 4 is 15.9 Å². The molecule has 2 heterocycles. The van der Waals surface area contributed by atoms with E-state index in [0.29, 0.717) is 17.2 Å². The summed E-state index contributed by atoms with van der Waals surface area (Å²) in [7, 11) is 1.60. The first kappa shape index (κ1) is 17.2. The van der Waals surface area contributed by atoms with Crippen molar-refractivity contribution < 1.29 is 9.47 Å². The van der Waals surface area contributed by atoms with Crippen LogP contribution >= 0.6 is 15.9 Å². The van der Waals surface area contributed by atoms with Gasteiger partial charge in [0.2, 0.25) is 11.8 Å². The Morgan fingerprint density at radius 1 is 1.26 bits per heavy atom. The Bertz CT molecular complexity index is 1080. The number of H-pyrrole nitrogens is 1. The van der Waals surface area contributed by atoms with Gasteiger partial charge in [-0.2, -0.15) is 5.26 Å². The van der Waals surface area contributed by atoms with Crippen molar-refractivity contribution in [1.29, 1.82) is 5.26 Å². The molecule has 2 aromatic carbocycles. The number of hydrogen-bond acceptors (Lipinski definition) is 5. The third-order valence-electron chi connectivity index (χ3n) is 4.50. The quantitative estimate of drug-likeness (QED) is 0.662. The van der Waals surface area contributed by atoms with Crippen LogP contribution in [0, 0.1) is 11.3 Å². The minimum atomic E-state index is -0.472. The van der Waals surface area contributed by atoms with Crippen LogP contribution in [0.3, 0.4) is 0 Å². The van der Waals surface area contributed by atoms with Crippen LogP contribution in [0.25, 0.3) is 11.3 Å². The summed E-state index contributed by atoms with van der Waals surface area (Å²) in [5, 5.41) is 17.1. The number of allylic oxidation sites excluding steroid dienone is 1. The van der Waals surface area contributed by atoms with Gasteiger partial charge in [-0.3, -0.25) is 5.10 Å². The third kappa shape index (κ3) is 2.84. The molecule has 0 aliphatic carbocycles. The summed E-state index contributed by atoms with van der Waals surface area (Å²) in [6.07, 6.45) is 0. The van der Waals surface area contributed by atoms with E-state index in [1.165, 1.54) is 0 Å². The van der Waals surface area contributed by atoms with Gasteiger partial charge in [-0.25, -0.2) is 0 Å². The van der Waals surface area contributed by atoms with Gasteiger partial charge >= 0.3 is 0 Å². The zero-order chi connectivity index (χ0) is 19.0. The second-order valence-corrected chi connectivity index (χ2v) is 6.91. The van der Waals surface area contributed by atoms with Gasteiger partial charge in [0.05, 0.1) is 24.3 Å². The molecule has 0 radical (unpaired) electrons. The molecular formula is C20H15BrN4O2. The fourth-order valence-electron chi connectivity index (χ4n) is 3.31. The Labute approximate surface area is 164 Å². The highest BCUT2D eigenvalue weighted by Gasteiger charge is 2.37. The van der Waals surface area contributed by atoms with Gasteiger partial charge in [-0.1, -0.05) is 46.3 Å². The number of benzene rings is 2. The number of nitrogens with two attached hydrogens (primary N) is 1. The lowest BCUT2D eigenvalue weighted by Gasteiger charge is -2.25. The van der Waals surface area contributed by atoms with Crippen molar-refractivity contribution in [1.82, 2.24) is 10.2 Å². The average Bonchev–Trinajstić information content (AvgIpc) is 3.10. The molecule has 0 saturated heterocycles. The van der Waals surface area contributed by atoms with Gasteiger partial charge in [0.1, 0.15) is 17.4 Å². The van der Waals surface area contributed by atoms with E-state index in [1.54, 1.807) is 7.11 Å². The molecule has 27 heavy (non-hydrogen) atoms. The van der Waals surface area contributed by atoms with E-state index in [4.69, 9.17) is 15.2 Å². The predicted molar refractivity (Wildman–Crippen MR) is 104 cm³/mol. The lowest BCUT2D eigenvalue weighted by Crippen LogP contribution is -2.21. The van der Waals surface area contributed by atoms with Crippen LogP contribution in [0.15, 0.2) is 64.5 Å². The highest BCUT2D eigenvalue weighted by atomic mass is 79.9. The maximum absolute atomic E-state index is 9.80. The van der Waals surface area contributed by atoms with Crippen LogP contribution in [0.4, 0.5) is 0 Å². The number of hydrogen-bond donors (Lipinski definition) is 2. The molecule has 4 rings (SSSR count). The van der Waals surface area contributed by atoms with E-state index in [1.807, 2.05) is 48.5 Å². The van der Waals surface area contributed by atoms with Crippen LogP contribution in [0.5, 0.6) is 11.6 Å². The van der Waals surface area contributed by atoms with Gasteiger partial charge < -0.3 is 15.2 Å². The van der Waals surface area contributed by atoms with Crippen molar-refractivity contribution in [3.8, 4) is 29.0 Å². The highest BCUT2D eigenvalue weighted by molar-refractivity contribution is 9.10. The molecule has 0 spiro atoms. The van der Waals surface area contributed by atoms with Crippen molar-refractivity contribution in [3.05, 3.63) is 75.6 Å². The normalized spacial score (nSPS) is 15.7. The van der Waals surface area contributed by atoms with Crippen LogP contribution in [0.2, 0.25) is 0 Å². The summed E-state index contributed by atoms with van der Waals surface area (Å²) in [5.74, 6) is 0.581. The van der Waals surface area contributed by atoms with Crippen molar-refractivity contribution in [2.75, 3.05) is 7.11 Å². The zero-order valence-electron chi connectivity index (χ0n) is 14.4. The minimum Gasteiger partial charge on any atom is -0.496 e. The molecule has 1 aliphatic rings. The molecule has 6 nitrogen and oxygen atoms in total. The van der Waals surface area contributed by atoms with Crippen LogP contribution in [-0.4, -0.2) is 17.3 Å². The largest absolute Gasteiger partial charge is 0.496 e. The SMILES string of the molecule is COc1ccc(Br)cc1[C@H]1C(C#N)=C(N)Oc2n[nH]c(-c3ccccc3)c21. The minimum absolute atomic E-state index is 0.0446. The first-order chi connectivity index (χ1) is 13.1. The summed E-state index contributed by atoms with van der Waals surface area (Å²) in [6, 6.07) is 17.6. The number of rotatable bonds is 3. The van der Waals surface area contributed by atoms with Crippen molar-refractivity contribution in [2.45, 2.75) is 5.92 Å². The summed E-state index contributed by atoms with van der Waals surface area (Å²) in [6.45, 7) is 0. The standard InChI is InChI=1S/C20H15BrN4O2/c1-26-15-8-7-12(21)9-13(15)16-14(10-22)19(23)27-20-17(16)18(24-25-20)11-5-3-2-4-6-11/h2-9,16H,23H2,1H3,(H,24,25)/t16-/m0/s1. The number of nitriles is 1. The second kappa shape index (κ2) is 6.82. The number of methoxy groups -OCH3 is 1. The molecule has 3 N–H and O–H groups in total. The molecule has 0 amide bonds. The number of halogens is 1. The summed E-state index contributed by atoms with van der Waals surface area (Å²) >= 11 is 3.50.